The van der Waals surface area contributed by atoms with E-state index in [-0.39, 0.29) is 5.41 Å². The molecule has 0 saturated heterocycles. The van der Waals surface area contributed by atoms with Crippen LogP contribution in [0.5, 0.6) is 0 Å². The molecule has 136 valence electrons. The Kier molecular flexibility index (Phi) is 3.68. The van der Waals surface area contributed by atoms with Gasteiger partial charge in [-0.15, -0.1) is 0 Å². The van der Waals surface area contributed by atoms with Crippen molar-refractivity contribution < 1.29 is 4.79 Å². The molecule has 6 nitrogen and oxygen atoms in total. The lowest BCUT2D eigenvalue weighted by atomic mass is 9.76. The number of hydrogen-bond donors (Lipinski definition) is 2. The minimum Gasteiger partial charge on any atom is -0.366 e. The van der Waals surface area contributed by atoms with Crippen LogP contribution < -0.4 is 5.73 Å². The Morgan fingerprint density at radius 1 is 1.38 bits per heavy atom. The summed E-state index contributed by atoms with van der Waals surface area (Å²) in [5, 5.41) is 4.93. The number of carbonyl (C=O) groups is 1. The van der Waals surface area contributed by atoms with E-state index in [2.05, 4.69) is 30.7 Å². The van der Waals surface area contributed by atoms with Crippen molar-refractivity contribution in [2.45, 2.75) is 53.4 Å². The molecule has 0 aliphatic heterocycles. The van der Waals surface area contributed by atoms with Gasteiger partial charge in [0, 0.05) is 5.69 Å². The number of nitrogens with one attached hydrogen (secondary N) is 1. The fourth-order valence-electron chi connectivity index (χ4n) is 4.07. The van der Waals surface area contributed by atoms with Gasteiger partial charge >= 0.3 is 0 Å². The van der Waals surface area contributed by atoms with Crippen molar-refractivity contribution in [2.75, 3.05) is 0 Å². The van der Waals surface area contributed by atoms with E-state index < -0.39 is 5.91 Å². The summed E-state index contributed by atoms with van der Waals surface area (Å²) in [7, 11) is 0. The predicted molar refractivity (Wildman–Crippen MR) is 102 cm³/mol. The number of aromatic nitrogens is 4. The van der Waals surface area contributed by atoms with Gasteiger partial charge in [-0.1, -0.05) is 20.8 Å². The Labute approximate surface area is 152 Å². The molecule has 2 heterocycles. The third-order valence-electron chi connectivity index (χ3n) is 5.44. The lowest BCUT2D eigenvalue weighted by Crippen LogP contribution is -2.24. The first-order valence-electron chi connectivity index (χ1n) is 9.20. The molecule has 0 fully saturated rings. The molecule has 4 rings (SSSR count). The molecule has 0 atom stereocenters. The van der Waals surface area contributed by atoms with Crippen molar-refractivity contribution in [2.24, 2.45) is 11.1 Å². The number of aryl methyl sites for hydroxylation is 2. The largest absolute Gasteiger partial charge is 0.366 e. The van der Waals surface area contributed by atoms with Gasteiger partial charge in [0.25, 0.3) is 5.91 Å². The Morgan fingerprint density at radius 2 is 2.15 bits per heavy atom. The summed E-state index contributed by atoms with van der Waals surface area (Å²) in [5.74, 6) is 0.301. The van der Waals surface area contributed by atoms with Crippen LogP contribution in [0.1, 0.15) is 60.3 Å². The van der Waals surface area contributed by atoms with E-state index in [1.54, 1.807) is 6.07 Å². The highest BCUT2D eigenvalue weighted by molar-refractivity contribution is 6.06. The van der Waals surface area contributed by atoms with Crippen LogP contribution in [0.3, 0.4) is 0 Å². The molecule has 0 bridgehead atoms. The minimum atomic E-state index is -0.455. The number of amides is 1. The zero-order valence-electron chi connectivity index (χ0n) is 15.8. The average Bonchev–Trinajstić information content (AvgIpc) is 3.12. The molecule has 26 heavy (non-hydrogen) atoms. The smallest absolute Gasteiger partial charge is 0.250 e. The maximum absolute atomic E-state index is 11.8. The molecule has 0 saturated carbocycles. The number of benzene rings is 1. The van der Waals surface area contributed by atoms with Crippen molar-refractivity contribution in [1.82, 2.24) is 19.7 Å². The van der Waals surface area contributed by atoms with Gasteiger partial charge in [-0.3, -0.25) is 4.79 Å². The van der Waals surface area contributed by atoms with Crippen LogP contribution in [-0.4, -0.2) is 25.7 Å². The molecular formula is C20H25N5O. The van der Waals surface area contributed by atoms with E-state index in [0.717, 1.165) is 42.0 Å². The Bertz CT molecular complexity index is 1020. The zero-order valence-corrected chi connectivity index (χ0v) is 15.8. The maximum atomic E-state index is 11.8. The first kappa shape index (κ1) is 16.8. The van der Waals surface area contributed by atoms with Gasteiger partial charge < -0.3 is 10.7 Å². The highest BCUT2D eigenvalue weighted by atomic mass is 16.1. The Morgan fingerprint density at radius 3 is 2.85 bits per heavy atom. The molecule has 3 N–H and O–H groups in total. The van der Waals surface area contributed by atoms with Crippen LogP contribution in [0.2, 0.25) is 0 Å². The maximum Gasteiger partial charge on any atom is 0.250 e. The van der Waals surface area contributed by atoms with E-state index in [9.17, 15) is 4.79 Å². The second-order valence-corrected chi connectivity index (χ2v) is 8.02. The van der Waals surface area contributed by atoms with E-state index in [0.29, 0.717) is 11.1 Å². The molecule has 1 aliphatic carbocycles. The van der Waals surface area contributed by atoms with Crippen LogP contribution in [-0.2, 0) is 19.3 Å². The first-order chi connectivity index (χ1) is 12.3. The number of rotatable bonds is 3. The number of primary amides is 1. The lowest BCUT2D eigenvalue weighted by molar-refractivity contribution is 0.100. The molecule has 1 aliphatic rings. The van der Waals surface area contributed by atoms with Crippen LogP contribution >= 0.6 is 0 Å². The molecule has 0 radical (unpaired) electrons. The van der Waals surface area contributed by atoms with Gasteiger partial charge in [0.15, 0.2) is 0 Å². The van der Waals surface area contributed by atoms with Crippen molar-refractivity contribution in [1.29, 1.82) is 0 Å². The summed E-state index contributed by atoms with van der Waals surface area (Å²) in [6.45, 7) is 8.65. The van der Waals surface area contributed by atoms with E-state index in [1.165, 1.54) is 17.7 Å². The number of carbonyl (C=O) groups excluding carboxylic acids is 1. The fraction of sp³-hybridized carbons (Fsp3) is 0.450. The van der Waals surface area contributed by atoms with Crippen LogP contribution in [0.25, 0.3) is 16.7 Å². The van der Waals surface area contributed by atoms with Gasteiger partial charge in [0.2, 0.25) is 0 Å². The van der Waals surface area contributed by atoms with E-state index in [4.69, 9.17) is 10.8 Å². The van der Waals surface area contributed by atoms with Crippen molar-refractivity contribution in [3.8, 4) is 5.69 Å². The highest BCUT2D eigenvalue weighted by Gasteiger charge is 2.31. The average molecular weight is 351 g/mol. The summed E-state index contributed by atoms with van der Waals surface area (Å²) < 4.78 is 2.04. The van der Waals surface area contributed by atoms with Gasteiger partial charge in [0.1, 0.15) is 11.3 Å². The monoisotopic (exact) mass is 351 g/mol. The predicted octanol–water partition coefficient (Wildman–Crippen LogP) is 3.23. The number of fused-ring (bicyclic) bond motifs is 2. The summed E-state index contributed by atoms with van der Waals surface area (Å²) in [6.07, 6.45) is 4.14. The van der Waals surface area contributed by atoms with Gasteiger partial charge in [-0.05, 0) is 55.7 Å². The Hall–Kier alpha value is -2.63. The molecule has 3 aromatic rings. The SMILES string of the molecule is CCc1nn(-c2ccc(C(N)=O)c3[nH]c(C)nc23)c2c1CCC(C)(C)C2. The van der Waals surface area contributed by atoms with Crippen LogP contribution in [0.4, 0.5) is 0 Å². The quantitative estimate of drug-likeness (QED) is 0.759. The number of hydrogen-bond acceptors (Lipinski definition) is 3. The van der Waals surface area contributed by atoms with Crippen molar-refractivity contribution in [3.05, 3.63) is 40.5 Å². The minimum absolute atomic E-state index is 0.254. The molecule has 6 heteroatoms. The molecule has 0 unspecified atom stereocenters. The van der Waals surface area contributed by atoms with Gasteiger partial charge in [-0.25, -0.2) is 9.67 Å². The van der Waals surface area contributed by atoms with E-state index in [1.807, 2.05) is 17.7 Å². The topological polar surface area (TPSA) is 89.6 Å². The fourth-order valence-corrected chi connectivity index (χ4v) is 4.07. The summed E-state index contributed by atoms with van der Waals surface area (Å²) in [6, 6.07) is 3.68. The van der Waals surface area contributed by atoms with Gasteiger partial charge in [0.05, 0.1) is 22.5 Å². The number of aromatic amines is 1. The number of nitrogens with two attached hydrogens (primary N) is 1. The summed E-state index contributed by atoms with van der Waals surface area (Å²) in [5.41, 5.74) is 12.4. The summed E-state index contributed by atoms with van der Waals surface area (Å²) >= 11 is 0. The van der Waals surface area contributed by atoms with Gasteiger partial charge in [-0.2, -0.15) is 5.10 Å². The molecule has 2 aromatic heterocycles. The van der Waals surface area contributed by atoms with Crippen molar-refractivity contribution >= 4 is 16.9 Å². The second-order valence-electron chi connectivity index (χ2n) is 8.02. The van der Waals surface area contributed by atoms with Crippen molar-refractivity contribution in [3.63, 3.8) is 0 Å². The third kappa shape index (κ3) is 2.52. The molecular weight excluding hydrogens is 326 g/mol. The number of H-pyrrole nitrogens is 1. The molecule has 1 amide bonds. The first-order valence-corrected chi connectivity index (χ1v) is 9.20. The molecule has 0 spiro atoms. The second kappa shape index (κ2) is 5.69. The molecule has 1 aromatic carbocycles. The normalized spacial score (nSPS) is 16.0. The summed E-state index contributed by atoms with van der Waals surface area (Å²) in [4.78, 5) is 19.6. The highest BCUT2D eigenvalue weighted by Crippen LogP contribution is 2.38. The standard InChI is InChI=1S/C20H25N5O/c1-5-14-12-8-9-20(3,4)10-16(12)25(24-14)15-7-6-13(19(21)26)17-18(15)23-11(2)22-17/h6-7H,5,8-10H2,1-4H3,(H2,21,26)(H,22,23). The third-order valence-corrected chi connectivity index (χ3v) is 5.44. The lowest BCUT2D eigenvalue weighted by Gasteiger charge is -2.30. The van der Waals surface area contributed by atoms with Crippen LogP contribution in [0, 0.1) is 12.3 Å². The Balaban J connectivity index is 1.99. The number of nitrogens with zero attached hydrogens (tertiary/aromatic N) is 3. The van der Waals surface area contributed by atoms with E-state index >= 15 is 0 Å². The zero-order chi connectivity index (χ0) is 18.6. The van der Waals surface area contributed by atoms with Crippen LogP contribution in [0.15, 0.2) is 12.1 Å². The number of imidazole rings is 1.